The van der Waals surface area contributed by atoms with E-state index < -0.39 is 0 Å². The molecule has 0 radical (unpaired) electrons. The molecule has 0 saturated carbocycles. The minimum absolute atomic E-state index is 0.354. The van der Waals surface area contributed by atoms with Crippen molar-refractivity contribution in [3.05, 3.63) is 11.4 Å². The van der Waals surface area contributed by atoms with E-state index in [0.29, 0.717) is 5.92 Å². The van der Waals surface area contributed by atoms with E-state index in [-0.39, 0.29) is 0 Å². The zero-order valence-electron chi connectivity index (χ0n) is 14.2. The number of nitrogens with one attached hydrogen (secondary N) is 1. The molecule has 1 fully saturated rings. The molecular formula is C17H30N4. The lowest BCUT2D eigenvalue weighted by molar-refractivity contribution is 0.521. The molecular weight excluding hydrogens is 260 g/mol. The molecule has 2 heterocycles. The molecule has 1 unspecified atom stereocenters. The molecule has 2 rings (SSSR count). The second-order valence-electron chi connectivity index (χ2n) is 6.59. The molecule has 118 valence electrons. The quantitative estimate of drug-likeness (QED) is 0.911. The first-order valence-electron chi connectivity index (χ1n) is 8.40. The average Bonchev–Trinajstić information content (AvgIpc) is 2.66. The first-order chi connectivity index (χ1) is 10.0. The molecule has 0 bridgehead atoms. The largest absolute Gasteiger partial charge is 0.370 e. The van der Waals surface area contributed by atoms with Crippen LogP contribution >= 0.6 is 0 Å². The van der Waals surface area contributed by atoms with Crippen molar-refractivity contribution >= 4 is 11.6 Å². The van der Waals surface area contributed by atoms with Gasteiger partial charge in [0.05, 0.1) is 0 Å². The Morgan fingerprint density at radius 1 is 1.24 bits per heavy atom. The highest BCUT2D eigenvalue weighted by Gasteiger charge is 2.20. The van der Waals surface area contributed by atoms with Crippen LogP contribution < -0.4 is 10.2 Å². The van der Waals surface area contributed by atoms with E-state index in [1.165, 1.54) is 24.8 Å². The molecule has 1 aliphatic rings. The van der Waals surface area contributed by atoms with Crippen molar-refractivity contribution in [2.45, 2.75) is 59.8 Å². The summed E-state index contributed by atoms with van der Waals surface area (Å²) in [6, 6.07) is 0. The van der Waals surface area contributed by atoms with Crippen LogP contribution in [-0.4, -0.2) is 29.6 Å². The highest BCUT2D eigenvalue weighted by Crippen LogP contribution is 2.28. The van der Waals surface area contributed by atoms with Crippen molar-refractivity contribution in [2.24, 2.45) is 5.92 Å². The van der Waals surface area contributed by atoms with Gasteiger partial charge in [0.1, 0.15) is 17.5 Å². The minimum Gasteiger partial charge on any atom is -0.370 e. The summed E-state index contributed by atoms with van der Waals surface area (Å²) in [5.74, 6) is 4.27. The zero-order valence-corrected chi connectivity index (χ0v) is 14.2. The first kappa shape index (κ1) is 16.1. The van der Waals surface area contributed by atoms with Gasteiger partial charge in [-0.15, -0.1) is 0 Å². The van der Waals surface area contributed by atoms with E-state index in [1.807, 2.05) is 0 Å². The van der Waals surface area contributed by atoms with Gasteiger partial charge in [0.15, 0.2) is 0 Å². The Morgan fingerprint density at radius 2 is 2.00 bits per heavy atom. The predicted molar refractivity (Wildman–Crippen MR) is 90.2 cm³/mol. The monoisotopic (exact) mass is 290 g/mol. The number of rotatable bonds is 4. The van der Waals surface area contributed by atoms with Gasteiger partial charge in [-0.2, -0.15) is 0 Å². The second kappa shape index (κ2) is 7.10. The standard InChI is InChI=1S/C17H30N4/c1-6-18-16-14(5)17(20-15(19-16)12(2)3)21-10-7-8-13(4)9-11-21/h12-13H,6-11H2,1-5H3,(H,18,19,20). The molecule has 1 saturated heterocycles. The Balaban J connectivity index is 2.36. The Kier molecular flexibility index (Phi) is 5.43. The number of nitrogens with zero attached hydrogens (tertiary/aromatic N) is 3. The smallest absolute Gasteiger partial charge is 0.137 e. The van der Waals surface area contributed by atoms with Crippen LogP contribution in [0.1, 0.15) is 64.3 Å². The molecule has 1 N–H and O–H groups in total. The highest BCUT2D eigenvalue weighted by molar-refractivity contribution is 5.59. The fourth-order valence-electron chi connectivity index (χ4n) is 2.90. The fourth-order valence-corrected chi connectivity index (χ4v) is 2.90. The summed E-state index contributed by atoms with van der Waals surface area (Å²) in [5, 5.41) is 3.40. The van der Waals surface area contributed by atoms with Gasteiger partial charge in [0.2, 0.25) is 0 Å². The SMILES string of the molecule is CCNc1nc(C(C)C)nc(N2CCCC(C)CC2)c1C. The number of anilines is 2. The maximum Gasteiger partial charge on any atom is 0.137 e. The average molecular weight is 290 g/mol. The minimum atomic E-state index is 0.354. The third-order valence-corrected chi connectivity index (χ3v) is 4.31. The van der Waals surface area contributed by atoms with Crippen LogP contribution in [0.5, 0.6) is 0 Å². The van der Waals surface area contributed by atoms with Gasteiger partial charge in [0, 0.05) is 31.1 Å². The summed E-state index contributed by atoms with van der Waals surface area (Å²) in [7, 11) is 0. The van der Waals surface area contributed by atoms with E-state index in [9.17, 15) is 0 Å². The molecule has 1 aromatic heterocycles. The fraction of sp³-hybridized carbons (Fsp3) is 0.765. The summed E-state index contributed by atoms with van der Waals surface area (Å²) < 4.78 is 0. The van der Waals surface area contributed by atoms with E-state index in [0.717, 1.165) is 43.0 Å². The third-order valence-electron chi connectivity index (χ3n) is 4.31. The molecule has 4 nitrogen and oxygen atoms in total. The van der Waals surface area contributed by atoms with Crippen molar-refractivity contribution in [1.29, 1.82) is 0 Å². The van der Waals surface area contributed by atoms with Crippen LogP contribution in [0.3, 0.4) is 0 Å². The molecule has 0 aliphatic carbocycles. The van der Waals surface area contributed by atoms with Gasteiger partial charge >= 0.3 is 0 Å². The first-order valence-corrected chi connectivity index (χ1v) is 8.40. The summed E-state index contributed by atoms with van der Waals surface area (Å²) >= 11 is 0. The van der Waals surface area contributed by atoms with Crippen molar-refractivity contribution < 1.29 is 0 Å². The van der Waals surface area contributed by atoms with Crippen molar-refractivity contribution in [1.82, 2.24) is 9.97 Å². The van der Waals surface area contributed by atoms with Crippen LogP contribution in [-0.2, 0) is 0 Å². The maximum absolute atomic E-state index is 4.88. The second-order valence-corrected chi connectivity index (χ2v) is 6.59. The molecule has 1 aromatic rings. The van der Waals surface area contributed by atoms with Crippen molar-refractivity contribution in [3.63, 3.8) is 0 Å². The van der Waals surface area contributed by atoms with Gasteiger partial charge in [-0.25, -0.2) is 9.97 Å². The van der Waals surface area contributed by atoms with Crippen LogP contribution in [0.15, 0.2) is 0 Å². The molecule has 1 atom stereocenters. The summed E-state index contributed by atoms with van der Waals surface area (Å²) in [6.07, 6.45) is 3.85. The van der Waals surface area contributed by atoms with E-state index in [1.54, 1.807) is 0 Å². The van der Waals surface area contributed by atoms with E-state index in [4.69, 9.17) is 9.97 Å². The Bertz CT molecular complexity index is 470. The topological polar surface area (TPSA) is 41.1 Å². The lowest BCUT2D eigenvalue weighted by Crippen LogP contribution is -2.27. The molecule has 4 heteroatoms. The molecule has 0 spiro atoms. The summed E-state index contributed by atoms with van der Waals surface area (Å²) in [4.78, 5) is 12.1. The van der Waals surface area contributed by atoms with Crippen LogP contribution in [0.25, 0.3) is 0 Å². The Morgan fingerprint density at radius 3 is 2.67 bits per heavy atom. The normalized spacial score (nSPS) is 19.7. The Labute approximate surface area is 129 Å². The Hall–Kier alpha value is -1.32. The maximum atomic E-state index is 4.88. The van der Waals surface area contributed by atoms with Crippen LogP contribution in [0, 0.1) is 12.8 Å². The van der Waals surface area contributed by atoms with Gasteiger partial charge in [-0.1, -0.05) is 20.8 Å². The summed E-state index contributed by atoms with van der Waals surface area (Å²) in [5.41, 5.74) is 1.19. The summed E-state index contributed by atoms with van der Waals surface area (Å²) in [6.45, 7) is 14.1. The number of aromatic nitrogens is 2. The van der Waals surface area contributed by atoms with E-state index in [2.05, 4.69) is 44.8 Å². The molecule has 21 heavy (non-hydrogen) atoms. The van der Waals surface area contributed by atoms with Crippen LogP contribution in [0.4, 0.5) is 11.6 Å². The van der Waals surface area contributed by atoms with Gasteiger partial charge in [0.25, 0.3) is 0 Å². The van der Waals surface area contributed by atoms with Crippen molar-refractivity contribution in [2.75, 3.05) is 29.9 Å². The molecule has 0 amide bonds. The molecule has 1 aliphatic heterocycles. The lowest BCUT2D eigenvalue weighted by Gasteiger charge is -2.25. The van der Waals surface area contributed by atoms with Gasteiger partial charge in [-0.05, 0) is 39.0 Å². The highest BCUT2D eigenvalue weighted by atomic mass is 15.2. The predicted octanol–water partition coefficient (Wildman–Crippen LogP) is 3.97. The zero-order chi connectivity index (χ0) is 15.4. The third kappa shape index (κ3) is 3.86. The van der Waals surface area contributed by atoms with Gasteiger partial charge < -0.3 is 10.2 Å². The number of hydrogen-bond donors (Lipinski definition) is 1. The van der Waals surface area contributed by atoms with Crippen LogP contribution in [0.2, 0.25) is 0 Å². The van der Waals surface area contributed by atoms with Gasteiger partial charge in [-0.3, -0.25) is 0 Å². The van der Waals surface area contributed by atoms with Crippen molar-refractivity contribution in [3.8, 4) is 0 Å². The lowest BCUT2D eigenvalue weighted by atomic mass is 10.0. The molecule has 0 aromatic carbocycles. The van der Waals surface area contributed by atoms with E-state index >= 15 is 0 Å². The number of hydrogen-bond acceptors (Lipinski definition) is 4.